The smallest absolute Gasteiger partial charge is 0.341 e. The molecule has 0 spiro atoms. The number of pyridine rings is 1. The molecule has 0 aliphatic carbocycles. The third kappa shape index (κ3) is 2.00. The van der Waals surface area contributed by atoms with E-state index in [-0.39, 0.29) is 5.56 Å². The first-order chi connectivity index (χ1) is 8.69. The molecule has 0 atom stereocenters. The molecule has 2 rings (SSSR count). The van der Waals surface area contributed by atoms with Crippen molar-refractivity contribution in [3.05, 3.63) is 35.5 Å². The minimum absolute atomic E-state index is 0.277. The lowest BCUT2D eigenvalue weighted by molar-refractivity contribution is 0.0601. The van der Waals surface area contributed by atoms with Crippen LogP contribution in [0.3, 0.4) is 0 Å². The van der Waals surface area contributed by atoms with Crippen LogP contribution in [0.4, 0.5) is 5.69 Å². The number of fused-ring (bicyclic) bond motifs is 1. The second-order valence-corrected chi connectivity index (χ2v) is 3.82. The number of rotatable bonds is 3. The average Bonchev–Trinajstić information content (AvgIpc) is 2.39. The Morgan fingerprint density at radius 1 is 1.39 bits per heavy atom. The van der Waals surface area contributed by atoms with Gasteiger partial charge in [-0.05, 0) is 0 Å². The summed E-state index contributed by atoms with van der Waals surface area (Å²) in [5.74, 6) is -0.487. The molecule has 0 bridgehead atoms. The zero-order chi connectivity index (χ0) is 13.1. The van der Waals surface area contributed by atoms with Crippen LogP contribution in [0, 0.1) is 0 Å². The van der Waals surface area contributed by atoms with E-state index in [0.717, 1.165) is 16.5 Å². The molecule has 1 heterocycles. The number of ether oxygens (including phenoxy) is 2. The molecule has 0 amide bonds. The predicted octanol–water partition coefficient (Wildman–Crippen LogP) is 1.75. The minimum atomic E-state index is -0.487. The maximum Gasteiger partial charge on any atom is 0.341 e. The minimum Gasteiger partial charge on any atom is -0.465 e. The number of anilines is 1. The van der Waals surface area contributed by atoms with Crippen molar-refractivity contribution in [2.45, 2.75) is 6.61 Å². The number of methoxy groups -OCH3 is 2. The third-order valence-corrected chi connectivity index (χ3v) is 2.73. The number of nitrogens with two attached hydrogens (primary N) is 1. The Balaban J connectivity index is 2.65. The highest BCUT2D eigenvalue weighted by atomic mass is 16.5. The molecule has 2 N–H and O–H groups in total. The Hall–Kier alpha value is -2.14. The molecule has 0 saturated heterocycles. The van der Waals surface area contributed by atoms with Crippen molar-refractivity contribution in [3.8, 4) is 0 Å². The summed E-state index contributed by atoms with van der Waals surface area (Å²) in [6.45, 7) is 0.446. The fraction of sp³-hybridized carbons (Fsp3) is 0.231. The molecular formula is C13H14N2O3. The number of hydrogen-bond acceptors (Lipinski definition) is 5. The molecule has 0 aliphatic heterocycles. The molecule has 1 aromatic carbocycles. The van der Waals surface area contributed by atoms with Crippen LogP contribution >= 0.6 is 0 Å². The number of carbonyl (C=O) groups is 1. The average molecular weight is 246 g/mol. The zero-order valence-corrected chi connectivity index (χ0v) is 10.3. The van der Waals surface area contributed by atoms with E-state index in [1.165, 1.54) is 13.3 Å². The van der Waals surface area contributed by atoms with Gasteiger partial charge >= 0.3 is 5.97 Å². The Bertz CT molecular complexity index is 596. The zero-order valence-electron chi connectivity index (χ0n) is 10.3. The molecule has 2 aromatic rings. The number of nitrogens with zero attached hydrogens (tertiary/aromatic N) is 1. The normalized spacial score (nSPS) is 10.6. The lowest BCUT2D eigenvalue weighted by Crippen LogP contribution is -2.07. The number of nitrogen functional groups attached to an aromatic ring is 1. The summed E-state index contributed by atoms with van der Waals surface area (Å²) < 4.78 is 9.76. The summed E-state index contributed by atoms with van der Waals surface area (Å²) in [6.07, 6.45) is 1.43. The number of esters is 1. The Labute approximate surface area is 105 Å². The van der Waals surface area contributed by atoms with E-state index in [1.807, 2.05) is 18.2 Å². The van der Waals surface area contributed by atoms with Gasteiger partial charge in [0.05, 0.1) is 24.9 Å². The van der Waals surface area contributed by atoms with E-state index in [2.05, 4.69) is 9.72 Å². The van der Waals surface area contributed by atoms with Crippen LogP contribution in [-0.4, -0.2) is 25.2 Å². The van der Waals surface area contributed by atoms with Crippen LogP contribution in [0.1, 0.15) is 15.9 Å². The van der Waals surface area contributed by atoms with Gasteiger partial charge in [0.2, 0.25) is 0 Å². The van der Waals surface area contributed by atoms with Crippen LogP contribution in [0.25, 0.3) is 10.9 Å². The standard InChI is InChI=1S/C13H14N2O3/c1-17-7-8-4-3-5-9-11(14)10(13(16)18-2)6-15-12(8)9/h3-6H,7H2,1-2H3,(H2,14,15). The highest BCUT2D eigenvalue weighted by Crippen LogP contribution is 2.26. The lowest BCUT2D eigenvalue weighted by atomic mass is 10.1. The summed E-state index contributed by atoms with van der Waals surface area (Å²) in [5.41, 5.74) is 8.30. The number of carbonyl (C=O) groups excluding carboxylic acids is 1. The third-order valence-electron chi connectivity index (χ3n) is 2.73. The van der Waals surface area contributed by atoms with Crippen molar-refractivity contribution in [1.29, 1.82) is 0 Å². The van der Waals surface area contributed by atoms with Gasteiger partial charge in [0.1, 0.15) is 5.56 Å². The maximum absolute atomic E-state index is 11.5. The second-order valence-electron chi connectivity index (χ2n) is 3.82. The quantitative estimate of drug-likeness (QED) is 0.835. The summed E-state index contributed by atoms with van der Waals surface area (Å²) in [4.78, 5) is 15.8. The topological polar surface area (TPSA) is 74.4 Å². The molecule has 0 radical (unpaired) electrons. The highest BCUT2D eigenvalue weighted by molar-refractivity contribution is 6.04. The van der Waals surface area contributed by atoms with Crippen LogP contribution in [0.2, 0.25) is 0 Å². The predicted molar refractivity (Wildman–Crippen MR) is 68.2 cm³/mol. The summed E-state index contributed by atoms with van der Waals surface area (Å²) in [5, 5.41) is 0.729. The van der Waals surface area contributed by atoms with Crippen molar-refractivity contribution >= 4 is 22.6 Å². The lowest BCUT2D eigenvalue weighted by Gasteiger charge is -2.09. The van der Waals surface area contributed by atoms with Gasteiger partial charge in [0.15, 0.2) is 0 Å². The van der Waals surface area contributed by atoms with Crippen molar-refractivity contribution in [2.75, 3.05) is 20.0 Å². The van der Waals surface area contributed by atoms with Crippen molar-refractivity contribution < 1.29 is 14.3 Å². The van der Waals surface area contributed by atoms with Gasteiger partial charge in [0.25, 0.3) is 0 Å². The first kappa shape index (κ1) is 12.3. The molecule has 94 valence electrons. The van der Waals surface area contributed by atoms with Gasteiger partial charge in [-0.3, -0.25) is 4.98 Å². The molecular weight excluding hydrogens is 232 g/mol. The summed E-state index contributed by atoms with van der Waals surface area (Å²) >= 11 is 0. The monoisotopic (exact) mass is 246 g/mol. The van der Waals surface area contributed by atoms with E-state index >= 15 is 0 Å². The van der Waals surface area contributed by atoms with Crippen LogP contribution in [0.15, 0.2) is 24.4 Å². The molecule has 0 unspecified atom stereocenters. The largest absolute Gasteiger partial charge is 0.465 e. The van der Waals surface area contributed by atoms with Crippen LogP contribution in [-0.2, 0) is 16.1 Å². The summed E-state index contributed by atoms with van der Waals surface area (Å²) in [7, 11) is 2.93. The van der Waals surface area contributed by atoms with Crippen LogP contribution < -0.4 is 5.73 Å². The number of hydrogen-bond donors (Lipinski definition) is 1. The fourth-order valence-corrected chi connectivity index (χ4v) is 1.85. The van der Waals surface area contributed by atoms with Gasteiger partial charge in [-0.15, -0.1) is 0 Å². The fourth-order valence-electron chi connectivity index (χ4n) is 1.85. The Morgan fingerprint density at radius 2 is 2.17 bits per heavy atom. The van der Waals surface area contributed by atoms with Gasteiger partial charge < -0.3 is 15.2 Å². The number of benzene rings is 1. The molecule has 5 heteroatoms. The maximum atomic E-state index is 11.5. The molecule has 0 aliphatic rings. The van der Waals surface area contributed by atoms with Gasteiger partial charge in [-0.1, -0.05) is 18.2 Å². The number of para-hydroxylation sites is 1. The summed E-state index contributed by atoms with van der Waals surface area (Å²) in [6, 6.07) is 5.59. The highest BCUT2D eigenvalue weighted by Gasteiger charge is 2.14. The van der Waals surface area contributed by atoms with Gasteiger partial charge in [0, 0.05) is 24.3 Å². The van der Waals surface area contributed by atoms with E-state index in [0.29, 0.717) is 12.3 Å². The van der Waals surface area contributed by atoms with Gasteiger partial charge in [-0.25, -0.2) is 4.79 Å². The first-order valence-electron chi connectivity index (χ1n) is 5.42. The van der Waals surface area contributed by atoms with Crippen molar-refractivity contribution in [2.24, 2.45) is 0 Å². The Morgan fingerprint density at radius 3 is 2.83 bits per heavy atom. The molecule has 1 aromatic heterocycles. The van der Waals surface area contributed by atoms with Crippen molar-refractivity contribution in [3.63, 3.8) is 0 Å². The van der Waals surface area contributed by atoms with Crippen molar-refractivity contribution in [1.82, 2.24) is 4.98 Å². The van der Waals surface area contributed by atoms with E-state index in [9.17, 15) is 4.79 Å². The second kappa shape index (κ2) is 5.01. The Kier molecular flexibility index (Phi) is 3.43. The SMILES string of the molecule is COCc1cccc2c(N)c(C(=O)OC)cnc12. The van der Waals surface area contributed by atoms with E-state index in [4.69, 9.17) is 10.5 Å². The van der Waals surface area contributed by atoms with Crippen LogP contribution in [0.5, 0.6) is 0 Å². The number of aromatic nitrogens is 1. The molecule has 0 fully saturated rings. The first-order valence-corrected chi connectivity index (χ1v) is 5.42. The molecule has 0 saturated carbocycles. The molecule has 18 heavy (non-hydrogen) atoms. The molecule has 5 nitrogen and oxygen atoms in total. The van der Waals surface area contributed by atoms with E-state index < -0.39 is 5.97 Å². The van der Waals surface area contributed by atoms with Gasteiger partial charge in [-0.2, -0.15) is 0 Å². The van der Waals surface area contributed by atoms with E-state index in [1.54, 1.807) is 7.11 Å².